The maximum absolute atomic E-state index is 14.0. The number of nitrogens with zero attached hydrogens (tertiary/aromatic N) is 2. The average molecular weight is 466 g/mol. The number of hydrogen-bond donors (Lipinski definition) is 3. The minimum atomic E-state index is -0.757. The zero-order valence-corrected chi connectivity index (χ0v) is 18.3. The van der Waals surface area contributed by atoms with Crippen LogP contribution in [0.25, 0.3) is 22.4 Å². The van der Waals surface area contributed by atoms with E-state index in [0.29, 0.717) is 24.2 Å². The third-order valence-corrected chi connectivity index (χ3v) is 5.57. The lowest BCUT2D eigenvalue weighted by Crippen LogP contribution is -2.26. The molecule has 34 heavy (non-hydrogen) atoms. The van der Waals surface area contributed by atoms with Crippen molar-refractivity contribution in [3.8, 4) is 11.5 Å². The maximum atomic E-state index is 14.0. The molecular weight excluding hydrogens is 442 g/mol. The first kappa shape index (κ1) is 23.5. The summed E-state index contributed by atoms with van der Waals surface area (Å²) in [4.78, 5) is 21.9. The molecule has 4 rings (SSSR count). The van der Waals surface area contributed by atoms with Crippen LogP contribution in [0, 0.1) is 11.6 Å². The molecule has 2 heterocycles. The molecule has 4 aromatic rings. The smallest absolute Gasteiger partial charge is 0.273 e. The Hall–Kier alpha value is -3.69. The van der Waals surface area contributed by atoms with Gasteiger partial charge in [-0.05, 0) is 37.1 Å². The highest BCUT2D eigenvalue weighted by Gasteiger charge is 2.27. The van der Waals surface area contributed by atoms with Crippen LogP contribution < -0.4 is 11.1 Å². The fourth-order valence-corrected chi connectivity index (χ4v) is 3.79. The van der Waals surface area contributed by atoms with Gasteiger partial charge in [0.05, 0.1) is 5.52 Å². The van der Waals surface area contributed by atoms with Crippen LogP contribution in [0.5, 0.6) is 0 Å². The van der Waals surface area contributed by atoms with Gasteiger partial charge in [0.1, 0.15) is 17.4 Å². The number of carbonyl (C=O) groups is 1. The summed E-state index contributed by atoms with van der Waals surface area (Å²) in [5.74, 6) is -1.86. The molecule has 0 aliphatic heterocycles. The van der Waals surface area contributed by atoms with Crippen LogP contribution in [-0.4, -0.2) is 34.1 Å². The largest absolute Gasteiger partial charge is 0.440 e. The number of aliphatic hydroxyl groups excluding tert-OH is 1. The lowest BCUT2D eigenvalue weighted by molar-refractivity contribution is 0.0943. The van der Waals surface area contributed by atoms with Crippen LogP contribution in [0.4, 0.5) is 8.78 Å². The summed E-state index contributed by atoms with van der Waals surface area (Å²) in [6.45, 7) is -0.00877. The number of nitrogens with one attached hydrogen (secondary N) is 1. The van der Waals surface area contributed by atoms with E-state index in [1.165, 1.54) is 6.07 Å². The Morgan fingerprint density at radius 1 is 1.18 bits per heavy atom. The fourth-order valence-electron chi connectivity index (χ4n) is 3.79. The number of rotatable bonds is 9. The van der Waals surface area contributed by atoms with Crippen molar-refractivity contribution in [3.63, 3.8) is 0 Å². The number of hydrogen-bond acceptors (Lipinski definition) is 6. The minimum absolute atomic E-state index is 0.0299. The second-order valence-electron chi connectivity index (χ2n) is 7.82. The van der Waals surface area contributed by atoms with Crippen LogP contribution in [0.15, 0.2) is 59.1 Å². The zero-order valence-electron chi connectivity index (χ0n) is 18.3. The summed E-state index contributed by atoms with van der Waals surface area (Å²) in [6.07, 6.45) is 2.64. The highest BCUT2D eigenvalue weighted by atomic mass is 19.1. The van der Waals surface area contributed by atoms with Crippen molar-refractivity contribution in [2.75, 3.05) is 13.2 Å². The van der Waals surface area contributed by atoms with Crippen LogP contribution in [0.1, 0.15) is 40.6 Å². The van der Waals surface area contributed by atoms with E-state index in [0.717, 1.165) is 23.0 Å². The average Bonchev–Trinajstić information content (AvgIpc) is 3.28. The Bertz CT molecular complexity index is 1300. The molecule has 0 spiro atoms. The van der Waals surface area contributed by atoms with E-state index >= 15 is 0 Å². The summed E-state index contributed by atoms with van der Waals surface area (Å²) >= 11 is 0. The molecule has 0 saturated heterocycles. The number of aromatic nitrogens is 2. The first-order valence-corrected chi connectivity index (χ1v) is 10.9. The molecule has 176 valence electrons. The van der Waals surface area contributed by atoms with Gasteiger partial charge >= 0.3 is 0 Å². The molecule has 2 aromatic heterocycles. The van der Waals surface area contributed by atoms with E-state index in [-0.39, 0.29) is 42.8 Å². The van der Waals surface area contributed by atoms with Gasteiger partial charge in [0.25, 0.3) is 5.91 Å². The Morgan fingerprint density at radius 3 is 2.79 bits per heavy atom. The van der Waals surface area contributed by atoms with Gasteiger partial charge in [-0.3, -0.25) is 9.78 Å². The maximum Gasteiger partial charge on any atom is 0.273 e. The van der Waals surface area contributed by atoms with Crippen LogP contribution >= 0.6 is 0 Å². The van der Waals surface area contributed by atoms with Crippen molar-refractivity contribution in [1.82, 2.24) is 15.3 Å². The number of nitrogens with two attached hydrogens (primary N) is 1. The molecule has 0 saturated carbocycles. The number of fused-ring (bicyclic) bond motifs is 1. The van der Waals surface area contributed by atoms with Gasteiger partial charge in [-0.2, -0.15) is 0 Å². The third kappa shape index (κ3) is 4.95. The van der Waals surface area contributed by atoms with Crippen molar-refractivity contribution in [3.05, 3.63) is 83.4 Å². The van der Waals surface area contributed by atoms with Crippen molar-refractivity contribution in [2.24, 2.45) is 5.73 Å². The number of pyridine rings is 1. The first-order valence-electron chi connectivity index (χ1n) is 10.9. The molecule has 0 radical (unpaired) electrons. The van der Waals surface area contributed by atoms with E-state index in [1.807, 2.05) is 24.3 Å². The van der Waals surface area contributed by atoms with Gasteiger partial charge in [0.15, 0.2) is 5.69 Å². The second-order valence-corrected chi connectivity index (χ2v) is 7.82. The van der Waals surface area contributed by atoms with Gasteiger partial charge < -0.3 is 20.6 Å². The molecule has 1 atom stereocenters. The SMILES string of the molecule is NCC(CCCO)c1oc(-c2cccc3ncccc23)nc1C(=O)NCc1ccc(F)cc1F. The number of oxazole rings is 1. The summed E-state index contributed by atoms with van der Waals surface area (Å²) < 4.78 is 33.3. The summed E-state index contributed by atoms with van der Waals surface area (Å²) in [5, 5.41) is 12.7. The Kier molecular flexibility index (Phi) is 7.24. The number of benzene rings is 2. The molecule has 0 aliphatic carbocycles. The lowest BCUT2D eigenvalue weighted by atomic mass is 9.99. The van der Waals surface area contributed by atoms with Crippen molar-refractivity contribution in [2.45, 2.75) is 25.3 Å². The molecule has 1 amide bonds. The normalized spacial score (nSPS) is 12.1. The Morgan fingerprint density at radius 2 is 2.03 bits per heavy atom. The third-order valence-electron chi connectivity index (χ3n) is 5.57. The van der Waals surface area contributed by atoms with Gasteiger partial charge in [0.2, 0.25) is 5.89 Å². The van der Waals surface area contributed by atoms with Gasteiger partial charge in [0, 0.05) is 54.4 Å². The van der Waals surface area contributed by atoms with Crippen molar-refractivity contribution >= 4 is 16.8 Å². The predicted molar refractivity (Wildman–Crippen MR) is 123 cm³/mol. The number of carbonyl (C=O) groups excluding carboxylic acids is 1. The zero-order chi connectivity index (χ0) is 24.1. The highest BCUT2D eigenvalue weighted by molar-refractivity contribution is 5.96. The van der Waals surface area contributed by atoms with Crippen LogP contribution in [0.3, 0.4) is 0 Å². The topological polar surface area (TPSA) is 114 Å². The number of aliphatic hydroxyl groups is 1. The van der Waals surface area contributed by atoms with Crippen molar-refractivity contribution in [1.29, 1.82) is 0 Å². The molecule has 7 nitrogen and oxygen atoms in total. The molecule has 2 aromatic carbocycles. The van der Waals surface area contributed by atoms with E-state index in [1.54, 1.807) is 12.3 Å². The van der Waals surface area contributed by atoms with Crippen LogP contribution in [0.2, 0.25) is 0 Å². The summed E-state index contributed by atoms with van der Waals surface area (Å²) in [5.41, 5.74) is 7.53. The minimum Gasteiger partial charge on any atom is -0.440 e. The Balaban J connectivity index is 1.70. The molecular formula is C25H24F2N4O3. The lowest BCUT2D eigenvalue weighted by Gasteiger charge is -2.13. The summed E-state index contributed by atoms with van der Waals surface area (Å²) in [7, 11) is 0. The van der Waals surface area contributed by atoms with E-state index in [2.05, 4.69) is 15.3 Å². The highest BCUT2D eigenvalue weighted by Crippen LogP contribution is 2.32. The molecule has 0 bridgehead atoms. The standard InChI is InChI=1S/C25H24F2N4O3/c26-17-9-8-16(20(27)12-17)14-30-24(33)22-23(15(13-28)4-3-11-32)34-25(31-22)19-5-1-7-21-18(19)6-2-10-29-21/h1-2,5-10,12,15,32H,3-4,11,13-14,28H2,(H,30,33). The quantitative estimate of drug-likeness (QED) is 0.345. The molecule has 9 heteroatoms. The van der Waals surface area contributed by atoms with E-state index in [9.17, 15) is 18.7 Å². The summed E-state index contributed by atoms with van der Waals surface area (Å²) in [6, 6.07) is 12.3. The molecule has 0 fully saturated rings. The molecule has 1 unspecified atom stereocenters. The molecule has 4 N–H and O–H groups in total. The van der Waals surface area contributed by atoms with Gasteiger partial charge in [-0.25, -0.2) is 13.8 Å². The second kappa shape index (κ2) is 10.5. The number of amides is 1. The monoisotopic (exact) mass is 466 g/mol. The molecule has 0 aliphatic rings. The van der Waals surface area contributed by atoms with Gasteiger partial charge in [-0.1, -0.05) is 18.2 Å². The predicted octanol–water partition coefficient (Wildman–Crippen LogP) is 3.91. The van der Waals surface area contributed by atoms with E-state index < -0.39 is 17.5 Å². The fraction of sp³-hybridized carbons (Fsp3) is 0.240. The van der Waals surface area contributed by atoms with Gasteiger partial charge in [-0.15, -0.1) is 0 Å². The Labute approximate surface area is 194 Å². The van der Waals surface area contributed by atoms with Crippen molar-refractivity contribution < 1.29 is 23.1 Å². The van der Waals surface area contributed by atoms with E-state index in [4.69, 9.17) is 10.2 Å². The first-order chi connectivity index (χ1) is 16.5. The van der Waals surface area contributed by atoms with Crippen LogP contribution in [-0.2, 0) is 6.54 Å². The number of halogens is 2.